The lowest BCUT2D eigenvalue weighted by molar-refractivity contribution is -0.173. The first-order chi connectivity index (χ1) is 18.6. The lowest BCUT2D eigenvalue weighted by Gasteiger charge is -2.62. The number of phenols is 1. The van der Waals surface area contributed by atoms with Gasteiger partial charge in [0.2, 0.25) is 0 Å². The van der Waals surface area contributed by atoms with Crippen LogP contribution in [-0.4, -0.2) is 44.8 Å². The molecule has 0 amide bonds. The Morgan fingerprint density at radius 1 is 1.05 bits per heavy atom. The molecule has 6 heteroatoms. The monoisotopic (exact) mass is 506 g/mol. The number of hydrogen-bond donors (Lipinski definition) is 3. The van der Waals surface area contributed by atoms with E-state index in [1.807, 2.05) is 42.5 Å². The number of ether oxygens (including phenoxy) is 2. The fourth-order valence-corrected chi connectivity index (χ4v) is 8.32. The van der Waals surface area contributed by atoms with Gasteiger partial charge in [0.1, 0.15) is 5.75 Å². The van der Waals surface area contributed by atoms with Crippen molar-refractivity contribution in [1.82, 2.24) is 9.88 Å². The van der Waals surface area contributed by atoms with Crippen LogP contribution < -0.4 is 9.47 Å². The second-order valence-electron chi connectivity index (χ2n) is 12.0. The van der Waals surface area contributed by atoms with Crippen molar-refractivity contribution >= 4 is 10.9 Å². The Labute approximate surface area is 220 Å². The van der Waals surface area contributed by atoms with Crippen LogP contribution in [0.2, 0.25) is 0 Å². The lowest BCUT2D eigenvalue weighted by atomic mass is 9.49. The van der Waals surface area contributed by atoms with Gasteiger partial charge >= 0.3 is 0 Å². The van der Waals surface area contributed by atoms with E-state index in [1.165, 1.54) is 18.4 Å². The summed E-state index contributed by atoms with van der Waals surface area (Å²) in [6.07, 6.45) is 4.35. The van der Waals surface area contributed by atoms with Gasteiger partial charge in [-0.05, 0) is 73.5 Å². The molecule has 0 unspecified atom stereocenters. The second kappa shape index (κ2) is 7.13. The summed E-state index contributed by atoms with van der Waals surface area (Å²) in [5.41, 5.74) is 3.71. The van der Waals surface area contributed by atoms with Crippen LogP contribution >= 0.6 is 0 Å². The third kappa shape index (κ3) is 2.55. The molecule has 3 N–H and O–H groups in total. The first-order valence-electron chi connectivity index (χ1n) is 13.9. The highest BCUT2D eigenvalue weighted by atomic mass is 16.5. The minimum atomic E-state index is -0.991. The molecule has 4 atom stereocenters. The summed E-state index contributed by atoms with van der Waals surface area (Å²) in [6.45, 7) is 2.00. The Hall–Kier alpha value is -3.48. The van der Waals surface area contributed by atoms with Crippen molar-refractivity contribution in [3.05, 3.63) is 83.0 Å². The number of benzene rings is 3. The van der Waals surface area contributed by atoms with Gasteiger partial charge in [0.15, 0.2) is 23.4 Å². The Kier molecular flexibility index (Phi) is 4.02. The summed E-state index contributed by atoms with van der Waals surface area (Å²) in [4.78, 5) is 6.27. The molecule has 4 aromatic rings. The van der Waals surface area contributed by atoms with Crippen molar-refractivity contribution in [3.63, 3.8) is 0 Å². The molecular formula is C32H30N2O4. The number of rotatable bonds is 4. The summed E-state index contributed by atoms with van der Waals surface area (Å²) < 4.78 is 13.0. The average Bonchev–Trinajstić information content (AvgIpc) is 3.55. The highest BCUT2D eigenvalue weighted by Crippen LogP contribution is 2.69. The topological polar surface area (TPSA) is 78.0 Å². The molecule has 1 aromatic heterocycles. The summed E-state index contributed by atoms with van der Waals surface area (Å²) in [7, 11) is 0. The van der Waals surface area contributed by atoms with E-state index in [4.69, 9.17) is 9.47 Å². The van der Waals surface area contributed by atoms with Gasteiger partial charge in [-0.15, -0.1) is 0 Å². The zero-order chi connectivity index (χ0) is 25.2. The molecule has 0 radical (unpaired) electrons. The van der Waals surface area contributed by atoms with Gasteiger partial charge in [0.05, 0.1) is 22.2 Å². The summed E-state index contributed by atoms with van der Waals surface area (Å²) in [5, 5.41) is 25.0. The molecule has 3 aromatic carbocycles. The summed E-state index contributed by atoms with van der Waals surface area (Å²) >= 11 is 0. The third-order valence-corrected chi connectivity index (χ3v) is 10.1. The van der Waals surface area contributed by atoms with Crippen LogP contribution in [0.5, 0.6) is 23.0 Å². The highest BCUT2D eigenvalue weighted by molar-refractivity contribution is 5.91. The third-order valence-electron chi connectivity index (χ3n) is 10.1. The van der Waals surface area contributed by atoms with Crippen molar-refractivity contribution in [3.8, 4) is 23.0 Å². The number of H-pyrrole nitrogens is 1. The van der Waals surface area contributed by atoms with Crippen LogP contribution in [0.3, 0.4) is 0 Å². The zero-order valence-electron chi connectivity index (χ0n) is 21.1. The quantitative estimate of drug-likeness (QED) is 0.347. The van der Waals surface area contributed by atoms with E-state index in [2.05, 4.69) is 22.0 Å². The van der Waals surface area contributed by atoms with E-state index in [9.17, 15) is 10.2 Å². The molecule has 3 heterocycles. The van der Waals surface area contributed by atoms with Gasteiger partial charge in [0, 0.05) is 30.0 Å². The van der Waals surface area contributed by atoms with Crippen LogP contribution in [0, 0.1) is 5.92 Å². The largest absolute Gasteiger partial charge is 0.504 e. The number of nitrogens with one attached hydrogen (secondary N) is 1. The predicted octanol–water partition coefficient (Wildman–Crippen LogP) is 5.36. The van der Waals surface area contributed by atoms with E-state index in [0.29, 0.717) is 12.2 Å². The smallest absolute Gasteiger partial charge is 0.166 e. The van der Waals surface area contributed by atoms with Gasteiger partial charge in [-0.3, -0.25) is 4.90 Å². The lowest BCUT2D eigenvalue weighted by Crippen LogP contribution is -2.74. The Morgan fingerprint density at radius 3 is 2.76 bits per heavy atom. The Morgan fingerprint density at radius 2 is 1.92 bits per heavy atom. The van der Waals surface area contributed by atoms with Crippen LogP contribution in [0.15, 0.2) is 60.7 Å². The maximum atomic E-state index is 13.0. The van der Waals surface area contributed by atoms with Crippen LogP contribution in [0.25, 0.3) is 10.9 Å². The molecule has 1 spiro atoms. The van der Waals surface area contributed by atoms with E-state index < -0.39 is 11.0 Å². The van der Waals surface area contributed by atoms with Gasteiger partial charge < -0.3 is 24.7 Å². The molecule has 5 aliphatic rings. The molecule has 38 heavy (non-hydrogen) atoms. The van der Waals surface area contributed by atoms with Crippen molar-refractivity contribution < 1.29 is 19.7 Å². The Balaban J connectivity index is 1.26. The second-order valence-corrected chi connectivity index (χ2v) is 12.0. The number of aliphatic hydroxyl groups is 1. The van der Waals surface area contributed by atoms with Gasteiger partial charge in [-0.1, -0.05) is 36.4 Å². The molecule has 2 bridgehead atoms. The van der Waals surface area contributed by atoms with E-state index in [0.717, 1.165) is 71.1 Å². The first kappa shape index (κ1) is 21.5. The molecule has 3 aliphatic carbocycles. The number of para-hydroxylation sites is 2. The zero-order valence-corrected chi connectivity index (χ0v) is 21.1. The molecular weight excluding hydrogens is 476 g/mol. The molecule has 192 valence electrons. The molecule has 1 saturated heterocycles. The Bertz CT molecular complexity index is 1630. The van der Waals surface area contributed by atoms with Crippen molar-refractivity contribution in [2.75, 3.05) is 13.1 Å². The fraction of sp³-hybridized carbons (Fsp3) is 0.375. The van der Waals surface area contributed by atoms with Crippen LogP contribution in [0.1, 0.15) is 47.8 Å². The summed E-state index contributed by atoms with van der Waals surface area (Å²) in [6, 6.07) is 19.8. The maximum absolute atomic E-state index is 13.0. The van der Waals surface area contributed by atoms with E-state index in [-0.39, 0.29) is 17.9 Å². The van der Waals surface area contributed by atoms with Crippen LogP contribution in [0.4, 0.5) is 0 Å². The standard InChI is InChI=1S/C32H30N2O4/c35-23-12-11-19-15-25-32(36)16-22-21-7-4-8-24(37-20-5-2-1-3-6-20)27(21)33-28(22)30-31(32,26(19)29(23)38-30)13-14-34(25)17-18-9-10-18/h1-8,11-12,18,25,30,33,35-36H,9-10,13-17H2/t25-,30+,31+,32-/m1/s1. The predicted molar refractivity (Wildman–Crippen MR) is 143 cm³/mol. The molecule has 9 rings (SSSR count). The number of aromatic hydroxyl groups is 1. The number of aromatic amines is 1. The minimum absolute atomic E-state index is 0.0211. The normalized spacial score (nSPS) is 30.6. The van der Waals surface area contributed by atoms with Gasteiger partial charge in [-0.2, -0.15) is 0 Å². The highest BCUT2D eigenvalue weighted by Gasteiger charge is 2.72. The van der Waals surface area contributed by atoms with E-state index in [1.54, 1.807) is 6.07 Å². The molecule has 1 saturated carbocycles. The number of nitrogens with zero attached hydrogens (tertiary/aromatic N) is 1. The van der Waals surface area contributed by atoms with Crippen molar-refractivity contribution in [1.29, 1.82) is 0 Å². The van der Waals surface area contributed by atoms with Crippen molar-refractivity contribution in [2.24, 2.45) is 5.92 Å². The number of aromatic nitrogens is 1. The molecule has 2 aliphatic heterocycles. The van der Waals surface area contributed by atoms with Crippen molar-refractivity contribution in [2.45, 2.75) is 55.3 Å². The van der Waals surface area contributed by atoms with E-state index >= 15 is 0 Å². The number of hydrogen-bond acceptors (Lipinski definition) is 5. The maximum Gasteiger partial charge on any atom is 0.166 e. The fourth-order valence-electron chi connectivity index (χ4n) is 8.32. The van der Waals surface area contributed by atoms with Crippen LogP contribution in [-0.2, 0) is 18.3 Å². The molecule has 6 nitrogen and oxygen atoms in total. The summed E-state index contributed by atoms with van der Waals surface area (Å²) in [5.74, 6) is 3.02. The van der Waals surface area contributed by atoms with Gasteiger partial charge in [0.25, 0.3) is 0 Å². The number of likely N-dealkylation sites (tertiary alicyclic amines) is 1. The SMILES string of the molecule is Oc1ccc2c3c1O[C@H]1c4[nH]c5c(Oc6ccccc6)cccc5c4C[C@@]4(O)[C@@H](C2)N(CC2CC2)CC[C@]314. The average molecular weight is 507 g/mol. The minimum Gasteiger partial charge on any atom is -0.504 e. The first-order valence-corrected chi connectivity index (χ1v) is 13.9. The number of fused-ring (bicyclic) bond motifs is 4. The number of phenolic OH excluding ortho intramolecular Hbond substituents is 1. The number of piperidine rings is 1. The van der Waals surface area contributed by atoms with Gasteiger partial charge in [-0.25, -0.2) is 0 Å². The molecule has 2 fully saturated rings.